The number of nitrogens with zero attached hydrogens (tertiary/aromatic N) is 2. The van der Waals surface area contributed by atoms with Gasteiger partial charge in [0.2, 0.25) is 26.0 Å². The second kappa shape index (κ2) is 7.71. The van der Waals surface area contributed by atoms with Gasteiger partial charge in [0.1, 0.15) is 0 Å². The van der Waals surface area contributed by atoms with Gasteiger partial charge < -0.3 is 4.90 Å². The van der Waals surface area contributed by atoms with E-state index in [0.29, 0.717) is 6.42 Å². The van der Waals surface area contributed by atoms with Crippen LogP contribution in [-0.4, -0.2) is 76.2 Å². The molecule has 0 radical (unpaired) electrons. The van der Waals surface area contributed by atoms with Gasteiger partial charge in [-0.2, -0.15) is 4.31 Å². The molecule has 1 rings (SSSR count). The average Bonchev–Trinajstić information content (AvgIpc) is 2.41. The van der Waals surface area contributed by atoms with Crippen LogP contribution in [0.5, 0.6) is 0 Å². The molecule has 1 aliphatic heterocycles. The molecule has 0 aromatic carbocycles. The van der Waals surface area contributed by atoms with Crippen molar-refractivity contribution in [1.29, 1.82) is 0 Å². The summed E-state index contributed by atoms with van der Waals surface area (Å²) in [5.74, 6) is -0.324. The maximum Gasteiger partial charge on any atom is 0.237 e. The molecule has 0 aromatic heterocycles. The van der Waals surface area contributed by atoms with Crippen LogP contribution in [-0.2, 0) is 24.8 Å². The van der Waals surface area contributed by atoms with E-state index < -0.39 is 20.0 Å². The lowest BCUT2D eigenvalue weighted by molar-refractivity contribution is -0.131. The molecule has 0 unspecified atom stereocenters. The summed E-state index contributed by atoms with van der Waals surface area (Å²) < 4.78 is 50.1. The molecule has 1 heterocycles. The first-order valence-corrected chi connectivity index (χ1v) is 10.8. The number of unbranched alkanes of at least 4 members (excludes halogenated alkanes) is 1. The van der Waals surface area contributed by atoms with Crippen LogP contribution in [0.3, 0.4) is 0 Å². The van der Waals surface area contributed by atoms with Gasteiger partial charge in [-0.05, 0) is 13.3 Å². The van der Waals surface area contributed by atoms with Gasteiger partial charge in [0, 0.05) is 25.7 Å². The molecular formula is C12H25N3O5S2. The number of carbonyl (C=O) groups is 1. The number of piperazine rings is 1. The SMILES string of the molecule is CCCCS(=O)(=O)NCC(=O)N1CCN(S(C)(=O)=O)[C@@H](C)C1. The summed E-state index contributed by atoms with van der Waals surface area (Å²) in [6, 6.07) is -0.315. The monoisotopic (exact) mass is 355 g/mol. The van der Waals surface area contributed by atoms with Crippen LogP contribution in [0.25, 0.3) is 0 Å². The first-order valence-electron chi connectivity index (χ1n) is 7.28. The van der Waals surface area contributed by atoms with E-state index in [4.69, 9.17) is 0 Å². The second-order valence-electron chi connectivity index (χ2n) is 5.56. The topological polar surface area (TPSA) is 104 Å². The Kier molecular flexibility index (Phi) is 6.78. The van der Waals surface area contributed by atoms with Crippen LogP contribution in [0, 0.1) is 0 Å². The molecule has 0 aromatic rings. The van der Waals surface area contributed by atoms with Crippen molar-refractivity contribution in [3.63, 3.8) is 0 Å². The van der Waals surface area contributed by atoms with Gasteiger partial charge in [0.25, 0.3) is 0 Å². The predicted molar refractivity (Wildman–Crippen MR) is 84.3 cm³/mol. The molecule has 1 amide bonds. The Morgan fingerprint density at radius 3 is 2.36 bits per heavy atom. The number of nitrogens with one attached hydrogen (secondary N) is 1. The Labute approximate surface area is 133 Å². The van der Waals surface area contributed by atoms with Crippen LogP contribution in [0.15, 0.2) is 0 Å². The Morgan fingerprint density at radius 2 is 1.86 bits per heavy atom. The van der Waals surface area contributed by atoms with Crippen LogP contribution < -0.4 is 4.72 Å². The van der Waals surface area contributed by atoms with Crippen LogP contribution in [0.1, 0.15) is 26.7 Å². The highest BCUT2D eigenvalue weighted by Gasteiger charge is 2.31. The van der Waals surface area contributed by atoms with E-state index >= 15 is 0 Å². The first-order chi connectivity index (χ1) is 10.1. The summed E-state index contributed by atoms with van der Waals surface area (Å²) in [6.45, 7) is 4.11. The standard InChI is InChI=1S/C12H25N3O5S2/c1-4-5-8-22(19,20)13-9-12(16)14-6-7-15(11(2)10-14)21(3,17)18/h11,13H,4-10H2,1-3H3/t11-/m0/s1. The van der Waals surface area contributed by atoms with Gasteiger partial charge in [0.05, 0.1) is 18.6 Å². The van der Waals surface area contributed by atoms with Crippen LogP contribution in [0.2, 0.25) is 0 Å². The van der Waals surface area contributed by atoms with Crippen molar-refractivity contribution in [2.75, 3.05) is 38.2 Å². The summed E-state index contributed by atoms with van der Waals surface area (Å²) in [7, 11) is -6.71. The fourth-order valence-electron chi connectivity index (χ4n) is 2.35. The van der Waals surface area contributed by atoms with E-state index in [-0.39, 0.29) is 43.9 Å². The largest absolute Gasteiger partial charge is 0.339 e. The molecular weight excluding hydrogens is 330 g/mol. The van der Waals surface area contributed by atoms with Gasteiger partial charge in [-0.3, -0.25) is 4.79 Å². The highest BCUT2D eigenvalue weighted by molar-refractivity contribution is 7.89. The molecule has 8 nitrogen and oxygen atoms in total. The zero-order chi connectivity index (χ0) is 17.0. The highest BCUT2D eigenvalue weighted by Crippen LogP contribution is 2.13. The predicted octanol–water partition coefficient (Wildman–Crippen LogP) is -0.802. The van der Waals surface area contributed by atoms with Crippen molar-refractivity contribution in [2.45, 2.75) is 32.7 Å². The summed E-state index contributed by atoms with van der Waals surface area (Å²) in [5, 5.41) is 0. The van der Waals surface area contributed by atoms with Gasteiger partial charge >= 0.3 is 0 Å². The third-order valence-corrected chi connectivity index (χ3v) is 6.36. The third-order valence-electron chi connectivity index (χ3n) is 3.56. The minimum atomic E-state index is -3.43. The Hall–Kier alpha value is -0.710. The van der Waals surface area contributed by atoms with Crippen molar-refractivity contribution in [3.8, 4) is 0 Å². The lowest BCUT2D eigenvalue weighted by Crippen LogP contribution is -2.56. The zero-order valence-electron chi connectivity index (χ0n) is 13.3. The van der Waals surface area contributed by atoms with Crippen LogP contribution in [0.4, 0.5) is 0 Å². The van der Waals surface area contributed by atoms with Gasteiger partial charge in [-0.25, -0.2) is 21.6 Å². The van der Waals surface area contributed by atoms with E-state index in [1.807, 2.05) is 6.92 Å². The lowest BCUT2D eigenvalue weighted by atomic mass is 10.2. The number of hydrogen-bond donors (Lipinski definition) is 1. The molecule has 1 saturated heterocycles. The van der Waals surface area contributed by atoms with Crippen molar-refractivity contribution >= 4 is 26.0 Å². The molecule has 0 bridgehead atoms. The van der Waals surface area contributed by atoms with E-state index in [1.54, 1.807) is 6.92 Å². The fraction of sp³-hybridized carbons (Fsp3) is 0.917. The van der Waals surface area contributed by atoms with Crippen molar-refractivity contribution in [1.82, 2.24) is 13.9 Å². The number of amides is 1. The van der Waals surface area contributed by atoms with Gasteiger partial charge in [-0.15, -0.1) is 0 Å². The number of carbonyl (C=O) groups excluding carboxylic acids is 1. The lowest BCUT2D eigenvalue weighted by Gasteiger charge is -2.38. The summed E-state index contributed by atoms with van der Waals surface area (Å²) in [5.41, 5.74) is 0. The fourth-order valence-corrected chi connectivity index (χ4v) is 4.64. The quantitative estimate of drug-likeness (QED) is 0.644. The molecule has 130 valence electrons. The van der Waals surface area contributed by atoms with Gasteiger partial charge in [0.15, 0.2) is 0 Å². The molecule has 0 spiro atoms. The molecule has 1 N–H and O–H groups in total. The Balaban J connectivity index is 2.52. The van der Waals surface area contributed by atoms with Crippen molar-refractivity contribution in [3.05, 3.63) is 0 Å². The summed E-state index contributed by atoms with van der Waals surface area (Å²) in [6.07, 6.45) is 2.45. The zero-order valence-corrected chi connectivity index (χ0v) is 14.9. The maximum atomic E-state index is 12.1. The smallest absolute Gasteiger partial charge is 0.237 e. The normalized spacial score (nSPS) is 21.0. The average molecular weight is 355 g/mol. The molecule has 10 heteroatoms. The van der Waals surface area contributed by atoms with E-state index in [1.165, 1.54) is 9.21 Å². The van der Waals surface area contributed by atoms with Crippen molar-refractivity contribution < 1.29 is 21.6 Å². The number of hydrogen-bond acceptors (Lipinski definition) is 5. The highest BCUT2D eigenvalue weighted by atomic mass is 32.2. The minimum Gasteiger partial charge on any atom is -0.339 e. The molecule has 1 atom stereocenters. The first kappa shape index (κ1) is 19.3. The molecule has 1 fully saturated rings. The van der Waals surface area contributed by atoms with Gasteiger partial charge in [-0.1, -0.05) is 13.3 Å². The number of sulfonamides is 2. The van der Waals surface area contributed by atoms with E-state index in [2.05, 4.69) is 4.72 Å². The Morgan fingerprint density at radius 1 is 1.23 bits per heavy atom. The van der Waals surface area contributed by atoms with Crippen molar-refractivity contribution in [2.24, 2.45) is 0 Å². The Bertz CT molecular complexity index is 588. The maximum absolute atomic E-state index is 12.1. The molecule has 1 aliphatic rings. The van der Waals surface area contributed by atoms with Crippen LogP contribution >= 0.6 is 0 Å². The summed E-state index contributed by atoms with van der Waals surface area (Å²) >= 11 is 0. The molecule has 0 aliphatic carbocycles. The number of rotatable bonds is 7. The van der Waals surface area contributed by atoms with E-state index in [9.17, 15) is 21.6 Å². The minimum absolute atomic E-state index is 0.00897. The van der Waals surface area contributed by atoms with E-state index in [0.717, 1.165) is 12.7 Å². The molecule has 22 heavy (non-hydrogen) atoms. The molecule has 0 saturated carbocycles. The summed E-state index contributed by atoms with van der Waals surface area (Å²) in [4.78, 5) is 13.5. The second-order valence-corrected chi connectivity index (χ2v) is 9.42. The third kappa shape index (κ3) is 5.82.